The van der Waals surface area contributed by atoms with Gasteiger partial charge in [0.1, 0.15) is 0 Å². The number of aryl methyl sites for hydroxylation is 1. The Kier molecular flexibility index (Phi) is 6.17. The van der Waals surface area contributed by atoms with Gasteiger partial charge in [-0.1, -0.05) is 0 Å². The number of carbonyl (C=O) groups is 1. The van der Waals surface area contributed by atoms with E-state index in [4.69, 9.17) is 0 Å². The van der Waals surface area contributed by atoms with Crippen LogP contribution in [0.2, 0.25) is 11.1 Å². The molecule has 18 heavy (non-hydrogen) atoms. The van der Waals surface area contributed by atoms with Gasteiger partial charge in [0.2, 0.25) is 0 Å². The fourth-order valence-electron chi connectivity index (χ4n) is 1.88. The van der Waals surface area contributed by atoms with Crippen LogP contribution in [0.25, 0.3) is 0 Å². The van der Waals surface area contributed by atoms with E-state index >= 15 is 0 Å². The van der Waals surface area contributed by atoms with Crippen LogP contribution in [-0.4, -0.2) is 25.8 Å². The first-order valence-electron chi connectivity index (χ1n) is 6.01. The van der Waals surface area contributed by atoms with Crippen LogP contribution < -0.4 is 0 Å². The van der Waals surface area contributed by atoms with Crippen molar-refractivity contribution in [3.05, 3.63) is 46.7 Å². The van der Waals surface area contributed by atoms with Crippen LogP contribution >= 0.6 is 0 Å². The zero-order valence-electron chi connectivity index (χ0n) is 11.2. The van der Waals surface area contributed by atoms with Gasteiger partial charge in [0, 0.05) is 0 Å². The quantitative estimate of drug-likeness (QED) is 0.497. The van der Waals surface area contributed by atoms with Crippen LogP contribution in [-0.2, 0) is 17.6 Å². The van der Waals surface area contributed by atoms with Gasteiger partial charge in [0.15, 0.2) is 0 Å². The Morgan fingerprint density at radius 2 is 1.83 bits per heavy atom. The Labute approximate surface area is 115 Å². The molecule has 0 bridgehead atoms. The van der Waals surface area contributed by atoms with Gasteiger partial charge in [-0.2, -0.15) is 0 Å². The van der Waals surface area contributed by atoms with Gasteiger partial charge in [-0.3, -0.25) is 0 Å². The fourth-order valence-corrected chi connectivity index (χ4v) is 2.77. The zero-order chi connectivity index (χ0) is 13.5. The van der Waals surface area contributed by atoms with Gasteiger partial charge < -0.3 is 0 Å². The molecule has 0 saturated heterocycles. The molecule has 0 amide bonds. The monoisotopic (exact) mass is 312 g/mol. The van der Waals surface area contributed by atoms with Gasteiger partial charge >= 0.3 is 115 Å². The van der Waals surface area contributed by atoms with E-state index in [1.165, 1.54) is 17.8 Å². The molecule has 0 spiro atoms. The molecular formula is C15H20O2Se. The van der Waals surface area contributed by atoms with Crippen molar-refractivity contribution in [1.29, 1.82) is 0 Å². The summed E-state index contributed by atoms with van der Waals surface area (Å²) in [6.07, 6.45) is 1.59. The van der Waals surface area contributed by atoms with Crippen LogP contribution in [0, 0.1) is 0 Å². The number of benzene rings is 1. The van der Waals surface area contributed by atoms with E-state index in [1.807, 2.05) is 18.2 Å². The van der Waals surface area contributed by atoms with E-state index in [-0.39, 0.29) is 11.5 Å². The minimum absolute atomic E-state index is 0.0514. The van der Waals surface area contributed by atoms with Crippen molar-refractivity contribution in [2.24, 2.45) is 0 Å². The molecule has 0 aliphatic rings. The number of aliphatic hydroxyl groups excluding tert-OH is 1. The Morgan fingerprint density at radius 1 is 1.22 bits per heavy atom. The molecule has 1 aromatic carbocycles. The molecule has 1 N–H and O–H groups in total. The summed E-state index contributed by atoms with van der Waals surface area (Å²) in [5.74, 6) is 2.32. The second kappa shape index (κ2) is 7.40. The third kappa shape index (κ3) is 4.32. The molecule has 98 valence electrons. The molecule has 0 radical (unpaired) electrons. The SMILES string of the molecule is C[Se]CCc1ccccc1C/C(C(C)=O)=C(\C)O. The zero-order valence-corrected chi connectivity index (χ0v) is 12.9. The molecule has 0 heterocycles. The van der Waals surface area contributed by atoms with Crippen molar-refractivity contribution < 1.29 is 9.90 Å². The molecule has 2 nitrogen and oxygen atoms in total. The third-order valence-electron chi connectivity index (χ3n) is 2.92. The van der Waals surface area contributed by atoms with E-state index in [2.05, 4.69) is 11.9 Å². The Balaban J connectivity index is 2.96. The number of hydrogen-bond acceptors (Lipinski definition) is 2. The molecular weight excluding hydrogens is 291 g/mol. The number of ketones is 1. The minimum atomic E-state index is -0.0514. The first-order chi connectivity index (χ1) is 8.56. The molecule has 0 aliphatic heterocycles. The van der Waals surface area contributed by atoms with Crippen molar-refractivity contribution >= 4 is 20.7 Å². The van der Waals surface area contributed by atoms with Crippen molar-refractivity contribution in [2.45, 2.75) is 37.8 Å². The van der Waals surface area contributed by atoms with Gasteiger partial charge in [-0.05, 0) is 0 Å². The van der Waals surface area contributed by atoms with Crippen LogP contribution in [0.5, 0.6) is 0 Å². The molecule has 0 fully saturated rings. The number of Topliss-reactive ketones (excluding diaryl/α,β-unsaturated/α-hetero) is 1. The fraction of sp³-hybridized carbons (Fsp3) is 0.400. The van der Waals surface area contributed by atoms with Crippen LogP contribution in [0.4, 0.5) is 0 Å². The summed E-state index contributed by atoms with van der Waals surface area (Å²) >= 11 is 0.666. The average Bonchev–Trinajstić information content (AvgIpc) is 2.33. The van der Waals surface area contributed by atoms with E-state index in [1.54, 1.807) is 6.92 Å². The molecule has 1 rings (SSSR count). The van der Waals surface area contributed by atoms with E-state index in [0.717, 1.165) is 12.0 Å². The molecule has 0 aliphatic carbocycles. The van der Waals surface area contributed by atoms with Gasteiger partial charge in [-0.15, -0.1) is 0 Å². The number of aliphatic hydroxyl groups is 1. The van der Waals surface area contributed by atoms with Gasteiger partial charge in [0.05, 0.1) is 0 Å². The maximum absolute atomic E-state index is 11.5. The Hall–Kier alpha value is -1.05. The summed E-state index contributed by atoms with van der Waals surface area (Å²) in [5, 5.41) is 10.8. The number of rotatable bonds is 6. The third-order valence-corrected chi connectivity index (χ3v) is 4.21. The van der Waals surface area contributed by atoms with Gasteiger partial charge in [0.25, 0.3) is 0 Å². The molecule has 3 heteroatoms. The van der Waals surface area contributed by atoms with E-state index in [0.29, 0.717) is 27.0 Å². The summed E-state index contributed by atoms with van der Waals surface area (Å²) in [4.78, 5) is 11.5. The Bertz CT molecular complexity index is 446. The number of carbonyl (C=O) groups excluding carboxylic acids is 1. The average molecular weight is 311 g/mol. The molecule has 0 aromatic heterocycles. The second-order valence-corrected chi connectivity index (χ2v) is 6.38. The van der Waals surface area contributed by atoms with Crippen molar-refractivity contribution in [3.63, 3.8) is 0 Å². The van der Waals surface area contributed by atoms with Crippen LogP contribution in [0.3, 0.4) is 0 Å². The topological polar surface area (TPSA) is 37.3 Å². The first-order valence-corrected chi connectivity index (χ1v) is 8.94. The van der Waals surface area contributed by atoms with Crippen molar-refractivity contribution in [3.8, 4) is 0 Å². The maximum atomic E-state index is 11.5. The number of allylic oxidation sites excluding steroid dienone is 2. The molecule has 0 atom stereocenters. The predicted octanol–water partition coefficient (Wildman–Crippen LogP) is 3.36. The van der Waals surface area contributed by atoms with E-state index in [9.17, 15) is 9.90 Å². The molecule has 0 saturated carbocycles. The normalized spacial score (nSPS) is 12.2. The van der Waals surface area contributed by atoms with Gasteiger partial charge in [-0.25, -0.2) is 0 Å². The Morgan fingerprint density at radius 3 is 2.33 bits per heavy atom. The van der Waals surface area contributed by atoms with E-state index < -0.39 is 0 Å². The second-order valence-electron chi connectivity index (χ2n) is 4.31. The first kappa shape index (κ1) is 15.0. The van der Waals surface area contributed by atoms with Crippen molar-refractivity contribution in [1.82, 2.24) is 0 Å². The summed E-state index contributed by atoms with van der Waals surface area (Å²) in [7, 11) is 0. The molecule has 0 unspecified atom stereocenters. The summed E-state index contributed by atoms with van der Waals surface area (Å²) in [6, 6.07) is 8.18. The summed E-state index contributed by atoms with van der Waals surface area (Å²) in [6.45, 7) is 3.08. The van der Waals surface area contributed by atoms with Crippen LogP contribution in [0.15, 0.2) is 35.6 Å². The number of hydrogen-bond donors (Lipinski definition) is 1. The van der Waals surface area contributed by atoms with Crippen molar-refractivity contribution in [2.75, 3.05) is 0 Å². The van der Waals surface area contributed by atoms with Crippen LogP contribution in [0.1, 0.15) is 25.0 Å². The molecule has 1 aromatic rings. The summed E-state index contributed by atoms with van der Waals surface area (Å²) < 4.78 is 0. The summed E-state index contributed by atoms with van der Waals surface area (Å²) in [5.41, 5.74) is 2.96. The predicted molar refractivity (Wildman–Crippen MR) is 76.3 cm³/mol. The standard InChI is InChI=1S/C15H20O2Se/c1-11(16)15(12(2)17)10-14-7-5-4-6-13(14)8-9-18-3/h4-7,16H,8-10H2,1-3H3/b15-11-.